The zero-order valence-electron chi connectivity index (χ0n) is 11.7. The number of hydrogen-bond donors (Lipinski definition) is 1. The van der Waals surface area contributed by atoms with Crippen molar-refractivity contribution < 1.29 is 0 Å². The molecule has 1 aliphatic heterocycles. The minimum atomic E-state index is 0.111. The van der Waals surface area contributed by atoms with Gasteiger partial charge in [-0.1, -0.05) is 20.8 Å². The van der Waals surface area contributed by atoms with Gasteiger partial charge < -0.3 is 10.6 Å². The van der Waals surface area contributed by atoms with Crippen molar-refractivity contribution in [1.82, 2.24) is 9.97 Å². The van der Waals surface area contributed by atoms with E-state index in [0.717, 1.165) is 25.5 Å². The highest BCUT2D eigenvalue weighted by Crippen LogP contribution is 2.26. The summed E-state index contributed by atoms with van der Waals surface area (Å²) in [6, 6.07) is 0.524. The molecule has 0 spiro atoms. The van der Waals surface area contributed by atoms with Crippen LogP contribution in [0.1, 0.15) is 45.6 Å². The van der Waals surface area contributed by atoms with E-state index in [1.807, 2.05) is 12.4 Å². The molecular formula is C14H24N4. The summed E-state index contributed by atoms with van der Waals surface area (Å²) in [5, 5.41) is 0. The third kappa shape index (κ3) is 2.80. The molecule has 1 fully saturated rings. The summed E-state index contributed by atoms with van der Waals surface area (Å²) in [5.74, 6) is 0.860. The van der Waals surface area contributed by atoms with Crippen LogP contribution >= 0.6 is 0 Å². The van der Waals surface area contributed by atoms with Gasteiger partial charge >= 0.3 is 0 Å². The quantitative estimate of drug-likeness (QED) is 0.890. The molecule has 4 nitrogen and oxygen atoms in total. The second-order valence-electron chi connectivity index (χ2n) is 6.09. The second-order valence-corrected chi connectivity index (χ2v) is 6.09. The van der Waals surface area contributed by atoms with Crippen LogP contribution in [-0.2, 0) is 5.41 Å². The Labute approximate surface area is 110 Å². The summed E-state index contributed by atoms with van der Waals surface area (Å²) in [5.41, 5.74) is 6.95. The Morgan fingerprint density at radius 2 is 2.00 bits per heavy atom. The highest BCUT2D eigenvalue weighted by molar-refractivity contribution is 5.34. The molecule has 0 aliphatic carbocycles. The third-order valence-corrected chi connectivity index (χ3v) is 3.64. The Morgan fingerprint density at radius 3 is 2.56 bits per heavy atom. The van der Waals surface area contributed by atoms with Crippen LogP contribution in [0.3, 0.4) is 0 Å². The molecule has 0 bridgehead atoms. The van der Waals surface area contributed by atoms with E-state index < -0.39 is 0 Å². The van der Waals surface area contributed by atoms with Gasteiger partial charge in [-0.05, 0) is 36.8 Å². The van der Waals surface area contributed by atoms with Crippen LogP contribution in [0.25, 0.3) is 0 Å². The zero-order chi connectivity index (χ0) is 13.2. The van der Waals surface area contributed by atoms with E-state index in [4.69, 9.17) is 5.73 Å². The molecule has 4 heteroatoms. The Kier molecular flexibility index (Phi) is 3.85. The van der Waals surface area contributed by atoms with Crippen molar-refractivity contribution in [3.63, 3.8) is 0 Å². The number of anilines is 1. The van der Waals surface area contributed by atoms with E-state index in [1.54, 1.807) is 0 Å². The molecule has 1 unspecified atom stereocenters. The highest BCUT2D eigenvalue weighted by atomic mass is 15.3. The summed E-state index contributed by atoms with van der Waals surface area (Å²) < 4.78 is 0. The molecule has 18 heavy (non-hydrogen) atoms. The first kappa shape index (κ1) is 13.3. The first-order chi connectivity index (χ1) is 8.52. The van der Waals surface area contributed by atoms with Crippen LogP contribution in [0.5, 0.6) is 0 Å². The monoisotopic (exact) mass is 248 g/mol. The molecule has 1 atom stereocenters. The van der Waals surface area contributed by atoms with Gasteiger partial charge in [0, 0.05) is 25.0 Å². The van der Waals surface area contributed by atoms with Crippen molar-refractivity contribution in [2.24, 2.45) is 5.73 Å². The maximum atomic E-state index is 5.66. The van der Waals surface area contributed by atoms with Crippen LogP contribution in [0, 0.1) is 0 Å². The average Bonchev–Trinajstić information content (AvgIpc) is 2.77. The Hall–Kier alpha value is -1.16. The van der Waals surface area contributed by atoms with Crippen molar-refractivity contribution in [3.8, 4) is 0 Å². The van der Waals surface area contributed by atoms with Gasteiger partial charge in [0.15, 0.2) is 0 Å². The summed E-state index contributed by atoms with van der Waals surface area (Å²) >= 11 is 0. The van der Waals surface area contributed by atoms with E-state index in [0.29, 0.717) is 6.04 Å². The lowest BCUT2D eigenvalue weighted by Gasteiger charge is -2.25. The molecule has 2 rings (SSSR count). The normalized spacial score (nSPS) is 20.4. The van der Waals surface area contributed by atoms with Gasteiger partial charge in [-0.2, -0.15) is 0 Å². The van der Waals surface area contributed by atoms with Crippen molar-refractivity contribution in [2.45, 2.75) is 51.5 Å². The number of nitrogens with two attached hydrogens (primary N) is 1. The molecule has 0 saturated carbocycles. The number of aromatic nitrogens is 2. The van der Waals surface area contributed by atoms with E-state index in [-0.39, 0.29) is 5.41 Å². The average molecular weight is 248 g/mol. The third-order valence-electron chi connectivity index (χ3n) is 3.64. The topological polar surface area (TPSA) is 55.0 Å². The van der Waals surface area contributed by atoms with Crippen molar-refractivity contribution in [1.29, 1.82) is 0 Å². The second kappa shape index (κ2) is 5.22. The SMILES string of the molecule is CC(C)(C)c1cnc(N2CCCC2CCN)nc1. The minimum Gasteiger partial charge on any atom is -0.338 e. The van der Waals surface area contributed by atoms with E-state index in [9.17, 15) is 0 Å². The molecule has 2 N–H and O–H groups in total. The minimum absolute atomic E-state index is 0.111. The molecule has 1 aromatic rings. The highest BCUT2D eigenvalue weighted by Gasteiger charge is 2.26. The van der Waals surface area contributed by atoms with Gasteiger partial charge in [0.1, 0.15) is 0 Å². The molecule has 1 saturated heterocycles. The molecule has 0 radical (unpaired) electrons. The summed E-state index contributed by atoms with van der Waals surface area (Å²) in [7, 11) is 0. The summed E-state index contributed by atoms with van der Waals surface area (Å²) in [6.45, 7) is 8.33. The maximum absolute atomic E-state index is 5.66. The Bertz CT molecular complexity index is 380. The van der Waals surface area contributed by atoms with Crippen molar-refractivity contribution >= 4 is 5.95 Å². The van der Waals surface area contributed by atoms with Gasteiger partial charge in [0.05, 0.1) is 0 Å². The van der Waals surface area contributed by atoms with Gasteiger partial charge in [-0.15, -0.1) is 0 Å². The number of rotatable bonds is 3. The molecular weight excluding hydrogens is 224 g/mol. The van der Waals surface area contributed by atoms with Crippen LogP contribution in [-0.4, -0.2) is 29.1 Å². The van der Waals surface area contributed by atoms with Crippen molar-refractivity contribution in [3.05, 3.63) is 18.0 Å². The molecule has 1 aromatic heterocycles. The molecule has 0 amide bonds. The molecule has 100 valence electrons. The fraction of sp³-hybridized carbons (Fsp3) is 0.714. The van der Waals surface area contributed by atoms with Crippen molar-refractivity contribution in [2.75, 3.05) is 18.0 Å². The molecule has 0 aromatic carbocycles. The first-order valence-electron chi connectivity index (χ1n) is 6.81. The standard InChI is InChI=1S/C14H24N4/c1-14(2,3)11-9-16-13(17-10-11)18-8-4-5-12(18)6-7-15/h9-10,12H,4-8,15H2,1-3H3. The van der Waals surface area contributed by atoms with Crippen LogP contribution in [0.15, 0.2) is 12.4 Å². The number of hydrogen-bond acceptors (Lipinski definition) is 4. The predicted octanol–water partition coefficient (Wildman–Crippen LogP) is 2.09. The lowest BCUT2D eigenvalue weighted by molar-refractivity contribution is 0.579. The summed E-state index contributed by atoms with van der Waals surface area (Å²) in [4.78, 5) is 11.4. The summed E-state index contributed by atoms with van der Waals surface area (Å²) in [6.07, 6.45) is 7.38. The Morgan fingerprint density at radius 1 is 1.33 bits per heavy atom. The predicted molar refractivity (Wildman–Crippen MR) is 74.8 cm³/mol. The molecule has 2 heterocycles. The van der Waals surface area contributed by atoms with E-state index >= 15 is 0 Å². The van der Waals surface area contributed by atoms with Gasteiger partial charge in [-0.25, -0.2) is 9.97 Å². The van der Waals surface area contributed by atoms with Gasteiger partial charge in [0.25, 0.3) is 0 Å². The lowest BCUT2D eigenvalue weighted by Crippen LogP contribution is -2.32. The van der Waals surface area contributed by atoms with Crippen LogP contribution in [0.2, 0.25) is 0 Å². The lowest BCUT2D eigenvalue weighted by atomic mass is 9.89. The van der Waals surface area contributed by atoms with E-state index in [1.165, 1.54) is 18.4 Å². The van der Waals surface area contributed by atoms with Gasteiger partial charge in [0.2, 0.25) is 5.95 Å². The van der Waals surface area contributed by atoms with E-state index in [2.05, 4.69) is 35.6 Å². The largest absolute Gasteiger partial charge is 0.338 e. The zero-order valence-corrected chi connectivity index (χ0v) is 11.7. The van der Waals surface area contributed by atoms with Crippen LogP contribution < -0.4 is 10.6 Å². The molecule has 1 aliphatic rings. The Balaban J connectivity index is 2.14. The number of nitrogens with zero attached hydrogens (tertiary/aromatic N) is 3. The maximum Gasteiger partial charge on any atom is 0.225 e. The fourth-order valence-corrected chi connectivity index (χ4v) is 2.45. The van der Waals surface area contributed by atoms with Crippen LogP contribution in [0.4, 0.5) is 5.95 Å². The van der Waals surface area contributed by atoms with Gasteiger partial charge in [-0.3, -0.25) is 0 Å². The first-order valence-corrected chi connectivity index (χ1v) is 6.81. The fourth-order valence-electron chi connectivity index (χ4n) is 2.45. The smallest absolute Gasteiger partial charge is 0.225 e.